The zero-order valence-electron chi connectivity index (χ0n) is 17.3. The van der Waals surface area contributed by atoms with Crippen molar-refractivity contribution in [1.82, 2.24) is 20.8 Å². The molecule has 3 amide bonds. The number of aromatic nitrogens is 2. The van der Waals surface area contributed by atoms with Gasteiger partial charge in [-0.1, -0.05) is 0 Å². The monoisotopic (exact) mass is 422 g/mol. The highest BCUT2D eigenvalue weighted by Gasteiger charge is 2.29. The molecule has 9 nitrogen and oxygen atoms in total. The Hall–Kier alpha value is -3.49. The van der Waals surface area contributed by atoms with Crippen molar-refractivity contribution in [3.63, 3.8) is 0 Å². The number of nitrogens with one attached hydrogen (secondary N) is 3. The minimum absolute atomic E-state index is 0.0308. The molecule has 0 radical (unpaired) electrons. The quantitative estimate of drug-likeness (QED) is 0.556. The minimum Gasteiger partial charge on any atom is -0.355 e. The molecule has 31 heavy (non-hydrogen) atoms. The summed E-state index contributed by atoms with van der Waals surface area (Å²) in [5.74, 6) is 0.379. The maximum absolute atomic E-state index is 12.2. The number of amides is 3. The second kappa shape index (κ2) is 9.55. The normalized spacial score (nSPS) is 15.4. The van der Waals surface area contributed by atoms with Crippen molar-refractivity contribution in [2.45, 2.75) is 25.7 Å². The summed E-state index contributed by atoms with van der Waals surface area (Å²) in [7, 11) is 0. The van der Waals surface area contributed by atoms with E-state index in [0.29, 0.717) is 11.3 Å². The molecule has 2 aliphatic rings. The molecule has 1 saturated heterocycles. The number of hydrogen-bond acceptors (Lipinski definition) is 6. The lowest BCUT2D eigenvalue weighted by atomic mass is 10.2. The summed E-state index contributed by atoms with van der Waals surface area (Å²) in [5, 5.41) is 16.5. The van der Waals surface area contributed by atoms with Gasteiger partial charge < -0.3 is 20.9 Å². The molecule has 2 heterocycles. The van der Waals surface area contributed by atoms with E-state index in [9.17, 15) is 14.4 Å². The predicted molar refractivity (Wildman–Crippen MR) is 116 cm³/mol. The fourth-order valence-corrected chi connectivity index (χ4v) is 3.40. The maximum atomic E-state index is 12.2. The second-order valence-electron chi connectivity index (χ2n) is 7.82. The summed E-state index contributed by atoms with van der Waals surface area (Å²) in [6.45, 7) is 2.50. The van der Waals surface area contributed by atoms with E-state index in [-0.39, 0.29) is 42.4 Å². The molecule has 1 saturated carbocycles. The van der Waals surface area contributed by atoms with Crippen molar-refractivity contribution in [3.8, 4) is 0 Å². The van der Waals surface area contributed by atoms with Crippen LogP contribution in [0.2, 0.25) is 0 Å². The van der Waals surface area contributed by atoms with Gasteiger partial charge >= 0.3 is 0 Å². The molecule has 1 aliphatic carbocycles. The van der Waals surface area contributed by atoms with Gasteiger partial charge in [-0.25, -0.2) is 0 Å². The lowest BCUT2D eigenvalue weighted by Gasteiger charge is -2.15. The zero-order valence-corrected chi connectivity index (χ0v) is 17.3. The minimum atomic E-state index is -0.328. The van der Waals surface area contributed by atoms with Crippen molar-refractivity contribution in [2.24, 2.45) is 5.92 Å². The summed E-state index contributed by atoms with van der Waals surface area (Å²) in [6, 6.07) is 10.2. The molecule has 4 rings (SSSR count). The summed E-state index contributed by atoms with van der Waals surface area (Å²) >= 11 is 0. The molecule has 2 aromatic rings. The third-order valence-corrected chi connectivity index (χ3v) is 5.37. The number of benzene rings is 1. The van der Waals surface area contributed by atoms with E-state index in [1.165, 1.54) is 0 Å². The smallest absolute Gasteiger partial charge is 0.271 e. The molecule has 1 aromatic carbocycles. The molecule has 0 unspecified atom stereocenters. The van der Waals surface area contributed by atoms with Gasteiger partial charge in [-0.15, -0.1) is 10.2 Å². The molecule has 0 bridgehead atoms. The highest BCUT2D eigenvalue weighted by atomic mass is 16.2. The molecule has 3 N–H and O–H groups in total. The first kappa shape index (κ1) is 20.8. The third-order valence-electron chi connectivity index (χ3n) is 5.37. The molecule has 1 aromatic heterocycles. The van der Waals surface area contributed by atoms with E-state index < -0.39 is 0 Å². The summed E-state index contributed by atoms with van der Waals surface area (Å²) < 4.78 is 0. The first-order valence-electron chi connectivity index (χ1n) is 10.7. The fraction of sp³-hybridized carbons (Fsp3) is 0.409. The lowest BCUT2D eigenvalue weighted by molar-refractivity contribution is -0.117. The van der Waals surface area contributed by atoms with Crippen molar-refractivity contribution >= 4 is 29.2 Å². The summed E-state index contributed by atoms with van der Waals surface area (Å²) in [5.41, 5.74) is 1.41. The second-order valence-corrected chi connectivity index (χ2v) is 7.82. The van der Waals surface area contributed by atoms with Crippen LogP contribution >= 0.6 is 0 Å². The molecule has 9 heteroatoms. The van der Waals surface area contributed by atoms with Crippen LogP contribution in [0.25, 0.3) is 0 Å². The zero-order chi connectivity index (χ0) is 21.6. The largest absolute Gasteiger partial charge is 0.355 e. The van der Waals surface area contributed by atoms with Crippen LogP contribution in [0.3, 0.4) is 0 Å². The van der Waals surface area contributed by atoms with Gasteiger partial charge in [-0.05, 0) is 62.1 Å². The molecule has 0 atom stereocenters. The topological polar surface area (TPSA) is 116 Å². The van der Waals surface area contributed by atoms with Crippen molar-refractivity contribution in [3.05, 3.63) is 47.7 Å². The van der Waals surface area contributed by atoms with Crippen molar-refractivity contribution < 1.29 is 14.4 Å². The average molecular weight is 422 g/mol. The van der Waals surface area contributed by atoms with Crippen LogP contribution in [0.1, 0.15) is 46.5 Å². The van der Waals surface area contributed by atoms with Gasteiger partial charge in [0.25, 0.3) is 11.8 Å². The van der Waals surface area contributed by atoms with E-state index >= 15 is 0 Å². The van der Waals surface area contributed by atoms with Gasteiger partial charge in [0.1, 0.15) is 0 Å². The first-order chi connectivity index (χ1) is 15.1. The van der Waals surface area contributed by atoms with Gasteiger partial charge in [-0.3, -0.25) is 14.4 Å². The van der Waals surface area contributed by atoms with E-state index in [1.807, 2.05) is 6.07 Å². The molecule has 0 spiro atoms. The van der Waals surface area contributed by atoms with Crippen LogP contribution in [0, 0.1) is 5.92 Å². The Morgan fingerprint density at radius 3 is 2.16 bits per heavy atom. The van der Waals surface area contributed by atoms with Gasteiger partial charge in [0.15, 0.2) is 11.5 Å². The van der Waals surface area contributed by atoms with Crippen LogP contribution in [-0.4, -0.2) is 54.1 Å². The van der Waals surface area contributed by atoms with Gasteiger partial charge in [0.05, 0.1) is 0 Å². The van der Waals surface area contributed by atoms with Crippen LogP contribution in [0.5, 0.6) is 0 Å². The Kier molecular flexibility index (Phi) is 6.40. The van der Waals surface area contributed by atoms with Gasteiger partial charge in [0, 0.05) is 43.3 Å². The molecule has 162 valence electrons. The summed E-state index contributed by atoms with van der Waals surface area (Å²) in [6.07, 6.45) is 4.19. The predicted octanol–water partition coefficient (Wildman–Crippen LogP) is 1.59. The standard InChI is InChI=1S/C22H26N6O3/c29-20(15-5-7-17(8-6-15)25-21(30)16-3-4-16)23-11-12-24-22(31)18-9-10-19(27-26-18)28-13-1-2-14-28/h5-10,16H,1-4,11-14H2,(H,23,29)(H,24,31)(H,25,30). The Bertz CT molecular complexity index is 935. The average Bonchev–Trinajstić information content (AvgIpc) is 3.51. The molecule has 1 aliphatic heterocycles. The van der Waals surface area contributed by atoms with Crippen LogP contribution in [-0.2, 0) is 4.79 Å². The Balaban J connectivity index is 1.18. The van der Waals surface area contributed by atoms with Crippen LogP contribution in [0.15, 0.2) is 36.4 Å². The SMILES string of the molecule is O=C(NCCNC(=O)c1ccc(N2CCCC2)nn1)c1ccc(NC(=O)C2CC2)cc1. The van der Waals surface area contributed by atoms with Gasteiger partial charge in [-0.2, -0.15) is 0 Å². The van der Waals surface area contributed by atoms with E-state index in [1.54, 1.807) is 30.3 Å². The van der Waals surface area contributed by atoms with E-state index in [2.05, 4.69) is 31.0 Å². The Labute approximate surface area is 180 Å². The number of carbonyl (C=O) groups is 3. The van der Waals surface area contributed by atoms with E-state index in [0.717, 1.165) is 44.6 Å². The number of rotatable bonds is 8. The lowest BCUT2D eigenvalue weighted by Crippen LogP contribution is -2.35. The maximum Gasteiger partial charge on any atom is 0.271 e. The number of nitrogens with zero attached hydrogens (tertiary/aromatic N) is 3. The van der Waals surface area contributed by atoms with Gasteiger partial charge in [0.2, 0.25) is 5.91 Å². The van der Waals surface area contributed by atoms with Crippen LogP contribution < -0.4 is 20.9 Å². The highest BCUT2D eigenvalue weighted by molar-refractivity contribution is 5.97. The number of hydrogen-bond donors (Lipinski definition) is 3. The fourth-order valence-electron chi connectivity index (χ4n) is 3.40. The van der Waals surface area contributed by atoms with Crippen LogP contribution in [0.4, 0.5) is 11.5 Å². The Morgan fingerprint density at radius 1 is 0.871 bits per heavy atom. The highest BCUT2D eigenvalue weighted by Crippen LogP contribution is 2.30. The van der Waals surface area contributed by atoms with Crippen molar-refractivity contribution in [1.29, 1.82) is 0 Å². The Morgan fingerprint density at radius 2 is 1.55 bits per heavy atom. The van der Waals surface area contributed by atoms with Crippen molar-refractivity contribution in [2.75, 3.05) is 36.4 Å². The summed E-state index contributed by atoms with van der Waals surface area (Å²) in [4.78, 5) is 38.3. The number of anilines is 2. The van der Waals surface area contributed by atoms with E-state index in [4.69, 9.17) is 0 Å². The molecular weight excluding hydrogens is 396 g/mol. The number of carbonyl (C=O) groups excluding carboxylic acids is 3. The first-order valence-corrected chi connectivity index (χ1v) is 10.7. The molecular formula is C22H26N6O3. The third kappa shape index (κ3) is 5.56. The molecule has 2 fully saturated rings.